The average Bonchev–Trinajstić information content (AvgIpc) is 2.30. The highest BCUT2D eigenvalue weighted by Crippen LogP contribution is 2.22. The third kappa shape index (κ3) is 2.35. The van der Waals surface area contributed by atoms with Crippen LogP contribution < -0.4 is 0 Å². The number of carbonyl (C=O) groups excluding carboxylic acids is 1. The average molecular weight is 192 g/mol. The van der Waals surface area contributed by atoms with Gasteiger partial charge in [0.15, 0.2) is 0 Å². The van der Waals surface area contributed by atoms with Crippen LogP contribution in [0.4, 0.5) is 4.79 Å². The normalized spacial score (nSPS) is 30.6. The van der Waals surface area contributed by atoms with Crippen molar-refractivity contribution in [1.29, 1.82) is 0 Å². The Kier molecular flexibility index (Phi) is 3.35. The van der Waals surface area contributed by atoms with Crippen LogP contribution in [0.5, 0.6) is 0 Å². The van der Waals surface area contributed by atoms with Gasteiger partial charge in [0.25, 0.3) is 0 Å². The van der Waals surface area contributed by atoms with E-state index in [1.807, 2.05) is 0 Å². The minimum absolute atomic E-state index is 0.442. The first-order valence-electron chi connectivity index (χ1n) is 4.13. The second-order valence-electron chi connectivity index (χ2n) is 3.32. The Hall–Kier alpha value is -0.280. The lowest BCUT2D eigenvalue weighted by molar-refractivity contribution is 0.140. The Morgan fingerprint density at radius 3 is 2.83 bits per heavy atom. The highest BCUT2D eigenvalue weighted by atomic mass is 35.5. The molecule has 0 N–H and O–H groups in total. The van der Waals surface area contributed by atoms with Crippen LogP contribution in [0.3, 0.4) is 0 Å². The monoisotopic (exact) mass is 191 g/mol. The summed E-state index contributed by atoms with van der Waals surface area (Å²) in [5, 5.41) is 0. The molecule has 0 unspecified atom stereocenters. The first-order chi connectivity index (χ1) is 5.61. The van der Waals surface area contributed by atoms with E-state index in [0.717, 1.165) is 13.0 Å². The minimum Gasteiger partial charge on any atom is -0.453 e. The summed E-state index contributed by atoms with van der Waals surface area (Å²) < 4.78 is 4.74. The Balaban J connectivity index is 2.29. The number of hydrogen-bond acceptors (Lipinski definition) is 3. The second-order valence-corrected chi connectivity index (χ2v) is 3.63. The van der Waals surface area contributed by atoms with Crippen LogP contribution in [0.25, 0.3) is 0 Å². The molecule has 0 aromatic carbocycles. The van der Waals surface area contributed by atoms with E-state index in [2.05, 4.69) is 18.9 Å². The number of halogens is 1. The van der Waals surface area contributed by atoms with Gasteiger partial charge in [-0.2, -0.15) is 0 Å². The number of rotatable bonds is 2. The van der Waals surface area contributed by atoms with Crippen molar-refractivity contribution in [2.45, 2.75) is 19.4 Å². The molecule has 0 amide bonds. The SMILES string of the molecule is C[C@@H]1[C@H](COC(=O)Cl)CCN1C. The molecule has 0 saturated carbocycles. The lowest BCUT2D eigenvalue weighted by Gasteiger charge is -2.19. The standard InChI is InChI=1S/C8H14ClNO2/c1-6-7(3-4-10(6)2)5-12-8(9)11/h6-7H,3-5H2,1-2H3/t6-,7+/m1/s1. The van der Waals surface area contributed by atoms with E-state index in [-0.39, 0.29) is 0 Å². The fourth-order valence-corrected chi connectivity index (χ4v) is 1.63. The molecule has 0 aromatic heterocycles. The van der Waals surface area contributed by atoms with Gasteiger partial charge in [0.1, 0.15) is 0 Å². The maximum absolute atomic E-state index is 10.3. The number of hydrogen-bond donors (Lipinski definition) is 0. The topological polar surface area (TPSA) is 29.5 Å². The van der Waals surface area contributed by atoms with Gasteiger partial charge in [0.2, 0.25) is 0 Å². The van der Waals surface area contributed by atoms with Crippen LogP contribution in [0, 0.1) is 5.92 Å². The molecule has 2 atom stereocenters. The van der Waals surface area contributed by atoms with E-state index in [9.17, 15) is 4.79 Å². The van der Waals surface area contributed by atoms with E-state index in [0.29, 0.717) is 18.6 Å². The summed E-state index contributed by atoms with van der Waals surface area (Å²) in [6.07, 6.45) is 1.09. The second kappa shape index (κ2) is 4.10. The zero-order valence-electron chi connectivity index (χ0n) is 7.42. The van der Waals surface area contributed by atoms with E-state index in [1.165, 1.54) is 0 Å². The van der Waals surface area contributed by atoms with Gasteiger partial charge in [-0.25, -0.2) is 4.79 Å². The highest BCUT2D eigenvalue weighted by Gasteiger charge is 2.28. The van der Waals surface area contributed by atoms with Crippen molar-refractivity contribution >= 4 is 17.0 Å². The molecule has 0 radical (unpaired) electrons. The summed E-state index contributed by atoms with van der Waals surface area (Å²) in [4.78, 5) is 12.6. The molecule has 4 heteroatoms. The maximum Gasteiger partial charge on any atom is 0.403 e. The van der Waals surface area contributed by atoms with Crippen molar-refractivity contribution in [2.75, 3.05) is 20.2 Å². The van der Waals surface area contributed by atoms with Gasteiger partial charge >= 0.3 is 5.43 Å². The fourth-order valence-electron chi connectivity index (χ4n) is 1.57. The highest BCUT2D eigenvalue weighted by molar-refractivity contribution is 6.61. The Labute approximate surface area is 77.6 Å². The van der Waals surface area contributed by atoms with Gasteiger partial charge in [-0.15, -0.1) is 0 Å². The van der Waals surface area contributed by atoms with Crippen LogP contribution in [-0.4, -0.2) is 36.6 Å². The first-order valence-corrected chi connectivity index (χ1v) is 4.51. The van der Waals surface area contributed by atoms with E-state index >= 15 is 0 Å². The molecule has 1 saturated heterocycles. The molecule has 0 spiro atoms. The van der Waals surface area contributed by atoms with Gasteiger partial charge in [-0.1, -0.05) is 0 Å². The zero-order valence-corrected chi connectivity index (χ0v) is 8.17. The maximum atomic E-state index is 10.3. The van der Waals surface area contributed by atoms with Gasteiger partial charge in [-0.3, -0.25) is 0 Å². The molecule has 1 aliphatic rings. The lowest BCUT2D eigenvalue weighted by Crippen LogP contribution is -2.28. The van der Waals surface area contributed by atoms with E-state index < -0.39 is 5.43 Å². The summed E-state index contributed by atoms with van der Waals surface area (Å²) in [5.41, 5.74) is -0.697. The number of likely N-dealkylation sites (tertiary alicyclic amines) is 1. The zero-order chi connectivity index (χ0) is 9.14. The van der Waals surface area contributed by atoms with Gasteiger partial charge < -0.3 is 9.64 Å². The molecule has 1 heterocycles. The fraction of sp³-hybridized carbons (Fsp3) is 0.875. The molecule has 1 rings (SSSR count). The van der Waals surface area contributed by atoms with Crippen molar-refractivity contribution < 1.29 is 9.53 Å². The summed E-state index contributed by atoms with van der Waals surface area (Å²) >= 11 is 5.07. The molecule has 0 bridgehead atoms. The van der Waals surface area contributed by atoms with Crippen molar-refractivity contribution in [3.05, 3.63) is 0 Å². The molecule has 0 aromatic rings. The van der Waals surface area contributed by atoms with Crippen LogP contribution in [0.15, 0.2) is 0 Å². The summed E-state index contributed by atoms with van der Waals surface area (Å²) in [5.74, 6) is 0.442. The predicted molar refractivity (Wildman–Crippen MR) is 47.4 cm³/mol. The third-order valence-electron chi connectivity index (χ3n) is 2.64. The Morgan fingerprint density at radius 2 is 2.42 bits per heavy atom. The summed E-state index contributed by atoms with van der Waals surface area (Å²) in [7, 11) is 2.08. The molecule has 12 heavy (non-hydrogen) atoms. The summed E-state index contributed by atoms with van der Waals surface area (Å²) in [6, 6.07) is 0.487. The van der Waals surface area contributed by atoms with Gasteiger partial charge in [0, 0.05) is 23.6 Å². The Morgan fingerprint density at radius 1 is 1.75 bits per heavy atom. The van der Waals surface area contributed by atoms with Crippen molar-refractivity contribution in [3.8, 4) is 0 Å². The quantitative estimate of drug-likeness (QED) is 0.623. The van der Waals surface area contributed by atoms with Crippen LogP contribution >= 0.6 is 11.6 Å². The number of carbonyl (C=O) groups is 1. The van der Waals surface area contributed by atoms with Crippen LogP contribution in [-0.2, 0) is 4.74 Å². The minimum atomic E-state index is -0.697. The van der Waals surface area contributed by atoms with Crippen LogP contribution in [0.2, 0.25) is 0 Å². The van der Waals surface area contributed by atoms with E-state index in [1.54, 1.807) is 0 Å². The predicted octanol–water partition coefficient (Wildman–Crippen LogP) is 1.70. The van der Waals surface area contributed by atoms with Crippen molar-refractivity contribution in [3.63, 3.8) is 0 Å². The van der Waals surface area contributed by atoms with Gasteiger partial charge in [0.05, 0.1) is 6.61 Å². The molecule has 1 fully saturated rings. The third-order valence-corrected chi connectivity index (χ3v) is 2.75. The molecule has 0 aliphatic carbocycles. The van der Waals surface area contributed by atoms with Crippen molar-refractivity contribution in [2.24, 2.45) is 5.92 Å². The van der Waals surface area contributed by atoms with Crippen molar-refractivity contribution in [1.82, 2.24) is 4.90 Å². The Bertz CT molecular complexity index is 174. The molecule has 70 valence electrons. The molecular formula is C8H14ClNO2. The first kappa shape index (κ1) is 9.81. The summed E-state index contributed by atoms with van der Waals surface area (Å²) in [6.45, 7) is 3.67. The van der Waals surface area contributed by atoms with Gasteiger partial charge in [-0.05, 0) is 26.9 Å². The number of nitrogens with zero attached hydrogens (tertiary/aromatic N) is 1. The number of ether oxygens (including phenoxy) is 1. The van der Waals surface area contributed by atoms with E-state index in [4.69, 9.17) is 16.3 Å². The molecule has 3 nitrogen and oxygen atoms in total. The lowest BCUT2D eigenvalue weighted by atomic mass is 10.0. The van der Waals surface area contributed by atoms with Crippen LogP contribution in [0.1, 0.15) is 13.3 Å². The molecular weight excluding hydrogens is 178 g/mol. The smallest absolute Gasteiger partial charge is 0.403 e. The molecule has 1 aliphatic heterocycles. The largest absolute Gasteiger partial charge is 0.453 e.